The number of carbonyl (C=O) groups excluding carboxylic acids is 4. The van der Waals surface area contributed by atoms with E-state index in [1.807, 2.05) is 0 Å². The molecule has 0 aliphatic heterocycles. The molecule has 0 aliphatic rings. The monoisotopic (exact) mass is 1330 g/mol. The first kappa shape index (κ1) is 88.5. The number of allylic oxidation sites excluding steroid dienone is 4. The van der Waals surface area contributed by atoms with Crippen molar-refractivity contribution in [3.63, 3.8) is 0 Å². The summed E-state index contributed by atoms with van der Waals surface area (Å²) in [6.07, 6.45) is 55.0. The third kappa shape index (κ3) is 66.0. The highest BCUT2D eigenvalue weighted by Crippen LogP contribution is 2.45. The Bertz CT molecular complexity index is 1850. The van der Waals surface area contributed by atoms with E-state index >= 15 is 0 Å². The van der Waals surface area contributed by atoms with E-state index in [2.05, 4.69) is 58.9 Å². The molecule has 3 N–H and O–H groups in total. The molecule has 0 aromatic rings. The quantitative estimate of drug-likeness (QED) is 0.0169. The lowest BCUT2D eigenvalue weighted by atomic mass is 10.0. The second-order valence-corrected chi connectivity index (χ2v) is 28.7. The molecule has 0 bridgehead atoms. The maximum atomic E-state index is 13.0. The highest BCUT2D eigenvalue weighted by molar-refractivity contribution is 7.47. The summed E-state index contributed by atoms with van der Waals surface area (Å²) in [6.45, 7) is 7.17. The van der Waals surface area contributed by atoms with Crippen LogP contribution in [0.2, 0.25) is 0 Å². The van der Waals surface area contributed by atoms with Crippen LogP contribution in [0, 0.1) is 5.92 Å². The molecule has 2 unspecified atom stereocenters. The summed E-state index contributed by atoms with van der Waals surface area (Å²) in [5, 5.41) is 10.6. The molecule has 0 heterocycles. The van der Waals surface area contributed by atoms with Crippen LogP contribution < -0.4 is 0 Å². The summed E-state index contributed by atoms with van der Waals surface area (Å²) in [6, 6.07) is 0. The molecular formula is C72H136O17P2. The van der Waals surface area contributed by atoms with Crippen LogP contribution in [0.1, 0.15) is 349 Å². The summed E-state index contributed by atoms with van der Waals surface area (Å²) >= 11 is 0. The Kier molecular flexibility index (Phi) is 63.1. The van der Waals surface area contributed by atoms with E-state index < -0.39 is 97.5 Å². The predicted molar refractivity (Wildman–Crippen MR) is 368 cm³/mol. The van der Waals surface area contributed by atoms with Crippen molar-refractivity contribution in [2.24, 2.45) is 5.92 Å². The molecule has 0 aromatic heterocycles. The molecular weight excluding hydrogens is 1200 g/mol. The van der Waals surface area contributed by atoms with E-state index in [1.165, 1.54) is 141 Å². The van der Waals surface area contributed by atoms with E-state index in [0.29, 0.717) is 25.7 Å². The molecule has 91 heavy (non-hydrogen) atoms. The average molecular weight is 1340 g/mol. The number of hydrogen-bond donors (Lipinski definition) is 3. The van der Waals surface area contributed by atoms with Gasteiger partial charge in [0, 0.05) is 25.7 Å². The Hall–Kier alpha value is -2.46. The Morgan fingerprint density at radius 1 is 0.341 bits per heavy atom. The van der Waals surface area contributed by atoms with Crippen LogP contribution >= 0.6 is 15.6 Å². The lowest BCUT2D eigenvalue weighted by Crippen LogP contribution is -2.30. The van der Waals surface area contributed by atoms with Crippen LogP contribution in [0.5, 0.6) is 0 Å². The van der Waals surface area contributed by atoms with Crippen molar-refractivity contribution in [1.82, 2.24) is 0 Å². The highest BCUT2D eigenvalue weighted by atomic mass is 31.2. The molecule has 0 amide bonds. The molecule has 0 fully saturated rings. The number of unbranched alkanes of at least 4 members (excludes halogenated alkanes) is 39. The minimum absolute atomic E-state index is 0.101. The second-order valence-electron chi connectivity index (χ2n) is 25.8. The number of hydrogen-bond acceptors (Lipinski definition) is 15. The number of rotatable bonds is 70. The second kappa shape index (κ2) is 64.9. The molecule has 0 rings (SSSR count). The van der Waals surface area contributed by atoms with Crippen molar-refractivity contribution < 1.29 is 80.2 Å². The third-order valence-electron chi connectivity index (χ3n) is 16.2. The number of aliphatic hydroxyl groups excluding tert-OH is 1. The fourth-order valence-corrected chi connectivity index (χ4v) is 12.0. The van der Waals surface area contributed by atoms with Gasteiger partial charge in [0.1, 0.15) is 19.3 Å². The Balaban J connectivity index is 5.24. The van der Waals surface area contributed by atoms with E-state index in [4.69, 9.17) is 37.0 Å². The largest absolute Gasteiger partial charge is 0.472 e. The SMILES string of the molecule is CCCCCC/C=C\C=C/CCCCCCCC(=O)OC[C@H](COP(=O)(O)OC[C@@H](O)COP(=O)(O)OC[C@@H](COC(=O)CCCCCCCCC)OC(=O)CCCCCCCCCCCCCC)OC(=O)CCCCCCCCCCCCCCCCC(C)C. The molecule has 536 valence electrons. The molecule has 0 radical (unpaired) electrons. The smallest absolute Gasteiger partial charge is 0.462 e. The van der Waals surface area contributed by atoms with Gasteiger partial charge in [-0.2, -0.15) is 0 Å². The molecule has 0 aromatic carbocycles. The molecule has 0 spiro atoms. The van der Waals surface area contributed by atoms with E-state index in [1.54, 1.807) is 0 Å². The fraction of sp³-hybridized carbons (Fsp3) is 0.889. The van der Waals surface area contributed by atoms with E-state index in [9.17, 15) is 43.2 Å². The zero-order valence-electron chi connectivity index (χ0n) is 58.5. The standard InChI is InChI=1S/C72H136O17P2/c1-6-9-12-15-18-20-22-24-25-29-33-36-41-46-51-56-70(75)83-62-68(89-72(77)58-53-48-43-38-34-30-27-26-28-31-35-40-44-49-54-65(4)5)64-87-91(80,81)85-60-66(73)59-84-90(78,79)86-63-67(61-82-69(74)55-50-45-39-17-14-11-8-3)88-71(76)57-52-47-42-37-32-23-21-19-16-13-10-7-2/h20,22,24-25,65-68,73H,6-19,21,23,26-64H2,1-5H3,(H,78,79)(H,80,81)/b22-20-,25-24-/t66-,67+,68+/m0/s1. The highest BCUT2D eigenvalue weighted by Gasteiger charge is 2.30. The zero-order valence-corrected chi connectivity index (χ0v) is 60.3. The first-order valence-corrected chi connectivity index (χ1v) is 39.9. The summed E-state index contributed by atoms with van der Waals surface area (Å²) in [5.41, 5.74) is 0. The minimum atomic E-state index is -4.96. The van der Waals surface area contributed by atoms with Crippen LogP contribution in [0.4, 0.5) is 0 Å². The molecule has 0 aliphatic carbocycles. The van der Waals surface area contributed by atoms with Gasteiger partial charge in [-0.1, -0.05) is 296 Å². The van der Waals surface area contributed by atoms with Gasteiger partial charge in [0.05, 0.1) is 26.4 Å². The maximum absolute atomic E-state index is 13.0. The molecule has 17 nitrogen and oxygen atoms in total. The number of phosphoric acid groups is 2. The summed E-state index contributed by atoms with van der Waals surface area (Å²) in [5.74, 6) is -1.36. The normalized spacial score (nSPS) is 14.2. The van der Waals surface area contributed by atoms with Gasteiger partial charge in [0.25, 0.3) is 0 Å². The van der Waals surface area contributed by atoms with E-state index in [0.717, 1.165) is 128 Å². The number of phosphoric ester groups is 2. The van der Waals surface area contributed by atoms with Gasteiger partial charge in [-0.05, 0) is 57.3 Å². The van der Waals surface area contributed by atoms with Crippen LogP contribution in [0.25, 0.3) is 0 Å². The van der Waals surface area contributed by atoms with Gasteiger partial charge in [0.15, 0.2) is 12.2 Å². The number of aliphatic hydroxyl groups is 1. The van der Waals surface area contributed by atoms with Crippen LogP contribution in [0.15, 0.2) is 24.3 Å². The van der Waals surface area contributed by atoms with E-state index in [-0.39, 0.29) is 25.7 Å². The van der Waals surface area contributed by atoms with Crippen LogP contribution in [0.3, 0.4) is 0 Å². The lowest BCUT2D eigenvalue weighted by Gasteiger charge is -2.21. The van der Waals surface area contributed by atoms with Gasteiger partial charge in [-0.3, -0.25) is 37.3 Å². The number of carbonyl (C=O) groups is 4. The number of ether oxygens (including phenoxy) is 4. The van der Waals surface area contributed by atoms with Gasteiger partial charge in [0.2, 0.25) is 0 Å². The summed E-state index contributed by atoms with van der Waals surface area (Å²) < 4.78 is 68.2. The topological polar surface area (TPSA) is 237 Å². The summed E-state index contributed by atoms with van der Waals surface area (Å²) in [4.78, 5) is 72.5. The molecule has 5 atom stereocenters. The minimum Gasteiger partial charge on any atom is -0.462 e. The Morgan fingerprint density at radius 2 is 0.593 bits per heavy atom. The third-order valence-corrected chi connectivity index (χ3v) is 18.1. The van der Waals surface area contributed by atoms with Crippen molar-refractivity contribution in [2.75, 3.05) is 39.6 Å². The van der Waals surface area contributed by atoms with Gasteiger partial charge >= 0.3 is 39.5 Å². The Morgan fingerprint density at radius 3 is 0.901 bits per heavy atom. The van der Waals surface area contributed by atoms with Gasteiger partial charge < -0.3 is 33.8 Å². The van der Waals surface area contributed by atoms with Crippen molar-refractivity contribution in [2.45, 2.75) is 368 Å². The van der Waals surface area contributed by atoms with Crippen molar-refractivity contribution in [3.05, 3.63) is 24.3 Å². The van der Waals surface area contributed by atoms with Crippen LogP contribution in [-0.4, -0.2) is 96.7 Å². The number of esters is 4. The Labute approximate surface area is 554 Å². The molecule has 0 saturated carbocycles. The average Bonchev–Trinajstić information content (AvgIpc) is 3.49. The fourth-order valence-electron chi connectivity index (χ4n) is 10.5. The van der Waals surface area contributed by atoms with Gasteiger partial charge in [-0.15, -0.1) is 0 Å². The summed E-state index contributed by atoms with van der Waals surface area (Å²) in [7, 11) is -9.91. The lowest BCUT2D eigenvalue weighted by molar-refractivity contribution is -0.161. The molecule has 0 saturated heterocycles. The van der Waals surface area contributed by atoms with Crippen LogP contribution in [-0.2, 0) is 65.4 Å². The predicted octanol–water partition coefficient (Wildman–Crippen LogP) is 20.5. The van der Waals surface area contributed by atoms with Crippen molar-refractivity contribution in [3.8, 4) is 0 Å². The zero-order chi connectivity index (χ0) is 67.0. The van der Waals surface area contributed by atoms with Crippen molar-refractivity contribution in [1.29, 1.82) is 0 Å². The molecule has 19 heteroatoms. The van der Waals surface area contributed by atoms with Gasteiger partial charge in [-0.25, -0.2) is 9.13 Å². The first-order valence-electron chi connectivity index (χ1n) is 37.0. The van der Waals surface area contributed by atoms with Crippen molar-refractivity contribution >= 4 is 39.5 Å². The maximum Gasteiger partial charge on any atom is 0.472 e. The first-order chi connectivity index (χ1) is 44.0.